The van der Waals surface area contributed by atoms with Crippen molar-refractivity contribution in [3.05, 3.63) is 119 Å². The van der Waals surface area contributed by atoms with Gasteiger partial charge in [0.15, 0.2) is 0 Å². The van der Waals surface area contributed by atoms with Crippen molar-refractivity contribution >= 4 is 5.78 Å². The van der Waals surface area contributed by atoms with Crippen LogP contribution in [0.4, 0.5) is 0 Å². The van der Waals surface area contributed by atoms with Crippen molar-refractivity contribution in [1.29, 1.82) is 0 Å². The summed E-state index contributed by atoms with van der Waals surface area (Å²) in [6.07, 6.45) is 0. The van der Waals surface area contributed by atoms with Gasteiger partial charge in [-0.1, -0.05) is 74.5 Å². The van der Waals surface area contributed by atoms with Crippen molar-refractivity contribution in [1.82, 2.24) is 0 Å². The number of hydrogen-bond donors (Lipinski definition) is 2. The minimum Gasteiger partial charge on any atom is -0.508 e. The molecule has 0 aliphatic rings. The molecule has 4 aromatic carbocycles. The molecule has 0 saturated carbocycles. The summed E-state index contributed by atoms with van der Waals surface area (Å²) < 4.78 is 11.8. The van der Waals surface area contributed by atoms with Crippen molar-refractivity contribution < 1.29 is 24.5 Å². The molecular formula is C31H30O5. The summed E-state index contributed by atoms with van der Waals surface area (Å²) in [6, 6.07) is 29.4. The number of rotatable bonds is 10. The highest BCUT2D eigenvalue weighted by molar-refractivity contribution is 5.92. The largest absolute Gasteiger partial charge is 0.508 e. The van der Waals surface area contributed by atoms with E-state index in [1.165, 1.54) is 0 Å². The number of phenols is 2. The highest BCUT2D eigenvalue weighted by Gasteiger charge is 2.27. The van der Waals surface area contributed by atoms with E-state index in [-0.39, 0.29) is 17.3 Å². The van der Waals surface area contributed by atoms with Crippen LogP contribution in [0.3, 0.4) is 0 Å². The average molecular weight is 483 g/mol. The standard InChI is InChI=1S/C31H30O5/c1-21(27-17-25(13-15-29(27)32)35-19-23-9-5-3-6-10-23)31(34)22(2)28-18-26(14-16-30(28)33)36-20-24-11-7-4-8-12-24/h3-18,21-22,32-33H,19-20H2,1-2H3. The molecule has 2 atom stereocenters. The summed E-state index contributed by atoms with van der Waals surface area (Å²) in [5, 5.41) is 21.0. The maximum absolute atomic E-state index is 13.4. The van der Waals surface area contributed by atoms with Gasteiger partial charge in [0.1, 0.15) is 42.0 Å². The molecule has 0 radical (unpaired) electrons. The molecule has 2 unspecified atom stereocenters. The highest BCUT2D eigenvalue weighted by Crippen LogP contribution is 2.37. The second-order valence-corrected chi connectivity index (χ2v) is 8.84. The lowest BCUT2D eigenvalue weighted by Crippen LogP contribution is -2.17. The molecule has 5 nitrogen and oxygen atoms in total. The van der Waals surface area contributed by atoms with Crippen LogP contribution in [-0.2, 0) is 18.0 Å². The van der Waals surface area contributed by atoms with E-state index in [0.29, 0.717) is 35.8 Å². The fourth-order valence-corrected chi connectivity index (χ4v) is 4.10. The van der Waals surface area contributed by atoms with Crippen molar-refractivity contribution in [3.63, 3.8) is 0 Å². The molecule has 0 saturated heterocycles. The first-order chi connectivity index (χ1) is 17.4. The van der Waals surface area contributed by atoms with Crippen LogP contribution in [0.5, 0.6) is 23.0 Å². The number of Topliss-reactive ketones (excluding diaryl/α,β-unsaturated/α-hetero) is 1. The van der Waals surface area contributed by atoms with Gasteiger partial charge in [-0.05, 0) is 47.5 Å². The van der Waals surface area contributed by atoms with Crippen LogP contribution in [0, 0.1) is 0 Å². The third-order valence-electron chi connectivity index (χ3n) is 6.28. The molecule has 4 aromatic rings. The van der Waals surface area contributed by atoms with Crippen LogP contribution >= 0.6 is 0 Å². The summed E-state index contributed by atoms with van der Waals surface area (Å²) >= 11 is 0. The predicted molar refractivity (Wildman–Crippen MR) is 140 cm³/mol. The highest BCUT2D eigenvalue weighted by atomic mass is 16.5. The van der Waals surface area contributed by atoms with E-state index in [2.05, 4.69) is 0 Å². The summed E-state index contributed by atoms with van der Waals surface area (Å²) in [5.74, 6) is -0.182. The Labute approximate surface area is 211 Å². The van der Waals surface area contributed by atoms with Gasteiger partial charge in [0.25, 0.3) is 0 Å². The van der Waals surface area contributed by atoms with E-state index in [9.17, 15) is 15.0 Å². The van der Waals surface area contributed by atoms with Crippen LogP contribution in [0.25, 0.3) is 0 Å². The molecule has 0 heterocycles. The Balaban J connectivity index is 1.47. The number of carbonyl (C=O) groups excluding carboxylic acids is 1. The lowest BCUT2D eigenvalue weighted by atomic mass is 9.85. The molecule has 2 N–H and O–H groups in total. The van der Waals surface area contributed by atoms with E-state index in [1.54, 1.807) is 50.2 Å². The van der Waals surface area contributed by atoms with Gasteiger partial charge >= 0.3 is 0 Å². The number of ether oxygens (including phenoxy) is 2. The Bertz CT molecular complexity index is 1200. The zero-order valence-electron chi connectivity index (χ0n) is 20.4. The summed E-state index contributed by atoms with van der Waals surface area (Å²) in [5.41, 5.74) is 3.01. The van der Waals surface area contributed by atoms with Gasteiger partial charge in [-0.3, -0.25) is 4.79 Å². The van der Waals surface area contributed by atoms with Crippen molar-refractivity contribution in [2.45, 2.75) is 38.9 Å². The second-order valence-electron chi connectivity index (χ2n) is 8.84. The zero-order chi connectivity index (χ0) is 25.5. The SMILES string of the molecule is CC(C(=O)C(C)c1cc(OCc2ccccc2)ccc1O)c1cc(OCc2ccccc2)ccc1O. The molecule has 184 valence electrons. The molecule has 0 aromatic heterocycles. The van der Waals surface area contributed by atoms with Crippen LogP contribution < -0.4 is 9.47 Å². The molecule has 5 heteroatoms. The Hall–Kier alpha value is -4.25. The molecule has 36 heavy (non-hydrogen) atoms. The minimum absolute atomic E-state index is 0.0271. The van der Waals surface area contributed by atoms with E-state index in [0.717, 1.165) is 11.1 Å². The number of benzene rings is 4. The molecule has 0 aliphatic carbocycles. The Morgan fingerprint density at radius 2 is 1.03 bits per heavy atom. The van der Waals surface area contributed by atoms with Crippen LogP contribution in [0.2, 0.25) is 0 Å². The van der Waals surface area contributed by atoms with E-state index < -0.39 is 11.8 Å². The smallest absolute Gasteiger partial charge is 0.147 e. The summed E-state index contributed by atoms with van der Waals surface area (Å²) in [7, 11) is 0. The quantitative estimate of drug-likeness (QED) is 0.262. The lowest BCUT2D eigenvalue weighted by molar-refractivity contribution is -0.121. The number of ketones is 1. The number of carbonyl (C=O) groups is 1. The van der Waals surface area contributed by atoms with E-state index >= 15 is 0 Å². The Morgan fingerprint density at radius 3 is 1.42 bits per heavy atom. The van der Waals surface area contributed by atoms with Gasteiger partial charge in [-0.15, -0.1) is 0 Å². The third-order valence-corrected chi connectivity index (χ3v) is 6.28. The molecule has 4 rings (SSSR count). The first-order valence-electron chi connectivity index (χ1n) is 12.0. The van der Waals surface area contributed by atoms with E-state index in [1.807, 2.05) is 60.7 Å². The normalized spacial score (nSPS) is 12.5. The maximum atomic E-state index is 13.4. The average Bonchev–Trinajstić information content (AvgIpc) is 2.92. The number of hydrogen-bond acceptors (Lipinski definition) is 5. The van der Waals surface area contributed by atoms with Gasteiger partial charge in [0.2, 0.25) is 0 Å². The first-order valence-corrected chi connectivity index (χ1v) is 12.0. The minimum atomic E-state index is -0.617. The number of aromatic hydroxyl groups is 2. The molecular weight excluding hydrogens is 452 g/mol. The van der Waals surface area contributed by atoms with Crippen molar-refractivity contribution in [2.24, 2.45) is 0 Å². The fourth-order valence-electron chi connectivity index (χ4n) is 4.10. The zero-order valence-corrected chi connectivity index (χ0v) is 20.4. The monoisotopic (exact) mass is 482 g/mol. The van der Waals surface area contributed by atoms with Crippen LogP contribution in [0.1, 0.15) is 47.9 Å². The van der Waals surface area contributed by atoms with Gasteiger partial charge in [0.05, 0.1) is 0 Å². The van der Waals surface area contributed by atoms with Gasteiger partial charge in [-0.2, -0.15) is 0 Å². The van der Waals surface area contributed by atoms with Gasteiger partial charge in [-0.25, -0.2) is 0 Å². The molecule has 0 amide bonds. The Kier molecular flexibility index (Phi) is 7.91. The summed E-state index contributed by atoms with van der Waals surface area (Å²) in [6.45, 7) is 4.27. The molecule has 0 aliphatic heterocycles. The maximum Gasteiger partial charge on any atom is 0.147 e. The van der Waals surface area contributed by atoms with Crippen molar-refractivity contribution in [2.75, 3.05) is 0 Å². The number of phenolic OH excluding ortho intramolecular Hbond substituents is 2. The predicted octanol–water partition coefficient (Wildman–Crippen LogP) is 6.73. The molecule has 0 fully saturated rings. The topological polar surface area (TPSA) is 76.0 Å². The van der Waals surface area contributed by atoms with Gasteiger partial charge < -0.3 is 19.7 Å². The van der Waals surface area contributed by atoms with Gasteiger partial charge in [0, 0.05) is 23.0 Å². The lowest BCUT2D eigenvalue weighted by Gasteiger charge is -2.20. The molecule has 0 bridgehead atoms. The van der Waals surface area contributed by atoms with Crippen LogP contribution in [0.15, 0.2) is 97.1 Å². The first kappa shape index (κ1) is 24.9. The van der Waals surface area contributed by atoms with Crippen molar-refractivity contribution in [3.8, 4) is 23.0 Å². The second kappa shape index (κ2) is 11.5. The Morgan fingerprint density at radius 1 is 0.639 bits per heavy atom. The van der Waals surface area contributed by atoms with E-state index in [4.69, 9.17) is 9.47 Å². The molecule has 0 spiro atoms. The van der Waals surface area contributed by atoms with Crippen LogP contribution in [-0.4, -0.2) is 16.0 Å². The summed E-state index contributed by atoms with van der Waals surface area (Å²) in [4.78, 5) is 13.4. The fraction of sp³-hybridized carbons (Fsp3) is 0.194. The third kappa shape index (κ3) is 6.05.